The van der Waals surface area contributed by atoms with Gasteiger partial charge in [-0.3, -0.25) is 9.89 Å². The van der Waals surface area contributed by atoms with Crippen LogP contribution in [0.5, 0.6) is 0 Å². The van der Waals surface area contributed by atoms with E-state index in [1.165, 1.54) is 0 Å². The largest absolute Gasteiger partial charge is 0.486 e. The van der Waals surface area contributed by atoms with Gasteiger partial charge in [-0.05, 0) is 0 Å². The molecule has 61 valence electrons. The normalized spacial score (nSPS) is 24.7. The number of halogens is 4. The zero-order chi connectivity index (χ0) is 8.48. The molecule has 0 aliphatic carbocycles. The van der Waals surface area contributed by atoms with Crippen LogP contribution in [0.2, 0.25) is 0 Å². The van der Waals surface area contributed by atoms with Crippen molar-refractivity contribution in [3.63, 3.8) is 0 Å². The van der Waals surface area contributed by atoms with E-state index in [-0.39, 0.29) is 4.90 Å². The Balaban J connectivity index is 2.50. The van der Waals surface area contributed by atoms with Crippen molar-refractivity contribution in [3.05, 3.63) is 6.54 Å². The first-order valence-electron chi connectivity index (χ1n) is 2.68. The predicted molar refractivity (Wildman–Crippen MR) is 28.3 cm³/mol. The lowest BCUT2D eigenvalue weighted by Crippen LogP contribution is -2.33. The Morgan fingerprint density at radius 3 is 2.36 bits per heavy atom. The van der Waals surface area contributed by atoms with E-state index in [4.69, 9.17) is 0 Å². The van der Waals surface area contributed by atoms with Crippen LogP contribution in [-0.4, -0.2) is 30.3 Å². The van der Waals surface area contributed by atoms with E-state index in [9.17, 15) is 17.6 Å². The Morgan fingerprint density at radius 1 is 1.45 bits per heavy atom. The minimum absolute atomic E-state index is 0.308. The SMILES string of the molecule is FCC1[C]N(C(F)(F)F)[C]=N1. The minimum atomic E-state index is -4.59. The highest BCUT2D eigenvalue weighted by Gasteiger charge is 2.40. The van der Waals surface area contributed by atoms with Crippen molar-refractivity contribution in [2.24, 2.45) is 4.99 Å². The smallest absolute Gasteiger partial charge is 0.256 e. The summed E-state index contributed by atoms with van der Waals surface area (Å²) in [5, 5.41) is 0. The van der Waals surface area contributed by atoms with Gasteiger partial charge < -0.3 is 0 Å². The van der Waals surface area contributed by atoms with Crippen LogP contribution in [0.1, 0.15) is 0 Å². The monoisotopic (exact) mass is 167 g/mol. The molecule has 0 aromatic carbocycles. The molecule has 0 aromatic rings. The maximum Gasteiger partial charge on any atom is 0.486 e. The zero-order valence-corrected chi connectivity index (χ0v) is 5.19. The fourth-order valence-electron chi connectivity index (χ4n) is 0.533. The van der Waals surface area contributed by atoms with Crippen molar-refractivity contribution < 1.29 is 17.6 Å². The summed E-state index contributed by atoms with van der Waals surface area (Å²) in [5.41, 5.74) is 0. The lowest BCUT2D eigenvalue weighted by atomic mass is 10.3. The van der Waals surface area contributed by atoms with Gasteiger partial charge in [0.25, 0.3) is 0 Å². The third-order valence-electron chi connectivity index (χ3n) is 0.991. The summed E-state index contributed by atoms with van der Waals surface area (Å²) in [5.74, 6) is 0. The van der Waals surface area contributed by atoms with Crippen LogP contribution in [0.15, 0.2) is 4.99 Å². The molecule has 0 saturated carbocycles. The van der Waals surface area contributed by atoms with Crippen LogP contribution < -0.4 is 0 Å². The molecule has 1 aliphatic heterocycles. The van der Waals surface area contributed by atoms with Gasteiger partial charge in [-0.2, -0.15) is 0 Å². The third-order valence-corrected chi connectivity index (χ3v) is 0.991. The van der Waals surface area contributed by atoms with Gasteiger partial charge in [0.05, 0.1) is 0 Å². The molecule has 3 radical (unpaired) electrons. The summed E-state index contributed by atoms with van der Waals surface area (Å²) in [7, 11) is 0. The maximum absolute atomic E-state index is 11.7. The quantitative estimate of drug-likeness (QED) is 0.421. The zero-order valence-electron chi connectivity index (χ0n) is 5.19. The number of alkyl halides is 4. The molecule has 0 N–H and O–H groups in total. The Bertz CT molecular complexity index is 164. The van der Waals surface area contributed by atoms with Crippen LogP contribution in [0.3, 0.4) is 0 Å². The molecular formula is C5H3F4N2. The molecule has 0 saturated heterocycles. The minimum Gasteiger partial charge on any atom is -0.256 e. The van der Waals surface area contributed by atoms with Crippen molar-refractivity contribution in [2.45, 2.75) is 12.3 Å². The van der Waals surface area contributed by atoms with E-state index in [0.29, 0.717) is 0 Å². The second-order valence-electron chi connectivity index (χ2n) is 1.83. The lowest BCUT2D eigenvalue weighted by molar-refractivity contribution is -0.205. The summed E-state index contributed by atoms with van der Waals surface area (Å²) in [4.78, 5) is 2.76. The lowest BCUT2D eigenvalue weighted by Gasteiger charge is -2.15. The van der Waals surface area contributed by atoms with E-state index >= 15 is 0 Å². The summed E-state index contributed by atoms with van der Waals surface area (Å²) < 4.78 is 46.7. The average molecular weight is 167 g/mol. The maximum atomic E-state index is 11.7. The summed E-state index contributed by atoms with van der Waals surface area (Å²) >= 11 is 0. The fourth-order valence-corrected chi connectivity index (χ4v) is 0.533. The van der Waals surface area contributed by atoms with Crippen LogP contribution in [0.4, 0.5) is 17.6 Å². The van der Waals surface area contributed by atoms with Gasteiger partial charge in [-0.25, -0.2) is 4.39 Å². The van der Waals surface area contributed by atoms with Crippen molar-refractivity contribution in [2.75, 3.05) is 6.67 Å². The molecule has 0 bridgehead atoms. The van der Waals surface area contributed by atoms with Gasteiger partial charge in [0.2, 0.25) is 0 Å². The Labute approximate surface area is 60.5 Å². The first kappa shape index (κ1) is 8.29. The Kier molecular flexibility index (Phi) is 2.01. The van der Waals surface area contributed by atoms with Crippen LogP contribution in [-0.2, 0) is 0 Å². The van der Waals surface area contributed by atoms with Gasteiger partial charge in [-0.15, -0.1) is 13.2 Å². The van der Waals surface area contributed by atoms with Gasteiger partial charge in [0.15, 0.2) is 6.34 Å². The molecular weight excluding hydrogens is 164 g/mol. The van der Waals surface area contributed by atoms with Crippen LogP contribution in [0, 0.1) is 6.54 Å². The highest BCUT2D eigenvalue weighted by atomic mass is 19.4. The second-order valence-corrected chi connectivity index (χ2v) is 1.83. The number of hydrogen-bond acceptors (Lipinski definition) is 2. The topological polar surface area (TPSA) is 15.6 Å². The molecule has 1 atom stereocenters. The van der Waals surface area contributed by atoms with E-state index in [2.05, 4.69) is 4.99 Å². The molecule has 1 heterocycles. The molecule has 1 aliphatic rings. The molecule has 11 heavy (non-hydrogen) atoms. The molecule has 6 heteroatoms. The molecule has 1 rings (SSSR count). The standard InChI is InChI=1S/C5H3F4N2/c6-1-4-2-11(3-10-4)5(7,8)9/h4H,1H2. The molecule has 0 fully saturated rings. The van der Waals surface area contributed by atoms with Crippen molar-refractivity contribution in [1.82, 2.24) is 4.90 Å². The van der Waals surface area contributed by atoms with E-state index in [1.54, 1.807) is 12.9 Å². The Hall–Kier alpha value is -0.810. The predicted octanol–water partition coefficient (Wildman–Crippen LogP) is 1.10. The molecule has 0 spiro atoms. The number of nitrogens with zero attached hydrogens (tertiary/aromatic N) is 2. The van der Waals surface area contributed by atoms with Gasteiger partial charge in [-0.1, -0.05) is 0 Å². The fraction of sp³-hybridized carbons (Fsp3) is 0.600. The third kappa shape index (κ3) is 1.81. The van der Waals surface area contributed by atoms with E-state index in [1.807, 2.05) is 0 Å². The molecule has 1 unspecified atom stereocenters. The first-order chi connectivity index (χ1) is 5.04. The highest BCUT2D eigenvalue weighted by molar-refractivity contribution is 5.60. The summed E-state index contributed by atoms with van der Waals surface area (Å²) in [6.07, 6.45) is -3.01. The van der Waals surface area contributed by atoms with Gasteiger partial charge >= 0.3 is 6.30 Å². The summed E-state index contributed by atoms with van der Waals surface area (Å²) in [6.45, 7) is 0.750. The molecule has 0 aromatic heterocycles. The first-order valence-corrected chi connectivity index (χ1v) is 2.68. The summed E-state index contributed by atoms with van der Waals surface area (Å²) in [6, 6.07) is -1.16. The second kappa shape index (κ2) is 2.67. The van der Waals surface area contributed by atoms with Crippen molar-refractivity contribution >= 4 is 6.34 Å². The van der Waals surface area contributed by atoms with E-state index in [0.717, 1.165) is 0 Å². The van der Waals surface area contributed by atoms with Crippen molar-refractivity contribution in [1.29, 1.82) is 0 Å². The number of rotatable bonds is 1. The molecule has 0 amide bonds. The van der Waals surface area contributed by atoms with Gasteiger partial charge in [0.1, 0.15) is 19.3 Å². The number of hydrogen-bond donors (Lipinski definition) is 0. The Morgan fingerprint density at radius 2 is 2.09 bits per heavy atom. The van der Waals surface area contributed by atoms with E-state index < -0.39 is 19.0 Å². The van der Waals surface area contributed by atoms with Crippen LogP contribution >= 0.6 is 0 Å². The van der Waals surface area contributed by atoms with Crippen LogP contribution in [0.25, 0.3) is 0 Å². The highest BCUT2D eigenvalue weighted by Crippen LogP contribution is 2.25. The average Bonchev–Trinajstić information content (AvgIpc) is 2.32. The van der Waals surface area contributed by atoms with Crippen molar-refractivity contribution in [3.8, 4) is 0 Å². The van der Waals surface area contributed by atoms with Gasteiger partial charge in [0, 0.05) is 0 Å². The molecule has 2 nitrogen and oxygen atoms in total. The number of aliphatic imine (C=N–C) groups is 1.